The van der Waals surface area contributed by atoms with Crippen LogP contribution in [0.1, 0.15) is 5.56 Å². The highest BCUT2D eigenvalue weighted by Gasteiger charge is 2.06. The Morgan fingerprint density at radius 3 is 2.54 bits per heavy atom. The lowest BCUT2D eigenvalue weighted by molar-refractivity contribution is -0.0504. The molecule has 1 atom stereocenters. The lowest BCUT2D eigenvalue weighted by atomic mass is 10.1. The number of hydrogen-bond donors (Lipinski definition) is 0. The van der Waals surface area contributed by atoms with E-state index in [1.54, 1.807) is 7.11 Å². The summed E-state index contributed by atoms with van der Waals surface area (Å²) in [6, 6.07) is 10.3. The van der Waals surface area contributed by atoms with Crippen LogP contribution in [0.4, 0.5) is 0 Å². The molecule has 2 nitrogen and oxygen atoms in total. The molecule has 1 unspecified atom stereocenters. The lowest BCUT2D eigenvalue weighted by Crippen LogP contribution is -2.19. The highest BCUT2D eigenvalue weighted by molar-refractivity contribution is 6.24. The van der Waals surface area contributed by atoms with E-state index in [1.165, 1.54) is 5.56 Å². The van der Waals surface area contributed by atoms with Crippen molar-refractivity contribution in [2.24, 2.45) is 0 Å². The van der Waals surface area contributed by atoms with Crippen LogP contribution in [-0.2, 0) is 15.6 Å². The fourth-order valence-electron chi connectivity index (χ4n) is 1.20. The van der Waals surface area contributed by atoms with Gasteiger partial charge in [-0.3, -0.25) is 0 Å². The van der Waals surface area contributed by atoms with Crippen LogP contribution in [0, 0.1) is 0 Å². The van der Waals surface area contributed by atoms with Gasteiger partial charge in [0.25, 0.3) is 0 Å². The molecule has 0 aliphatic carbocycles. The molecule has 0 heterocycles. The van der Waals surface area contributed by atoms with E-state index in [0.29, 0.717) is 0 Å². The summed E-state index contributed by atoms with van der Waals surface area (Å²) in [6.45, 7) is 2.11. The van der Waals surface area contributed by atoms with Crippen LogP contribution in [0.2, 0.25) is 6.55 Å². The predicted octanol–water partition coefficient (Wildman–Crippen LogP) is 1.35. The van der Waals surface area contributed by atoms with E-state index in [9.17, 15) is 0 Å². The first kappa shape index (κ1) is 10.4. The summed E-state index contributed by atoms with van der Waals surface area (Å²) in [5, 5.41) is 0. The number of ether oxygens (including phenoxy) is 1. The summed E-state index contributed by atoms with van der Waals surface area (Å²) in [6.07, 6.45) is 0.789. The molecular formula is C10H16O2Si. The third-order valence-electron chi connectivity index (χ3n) is 1.86. The fraction of sp³-hybridized carbons (Fsp3) is 0.400. The normalized spacial score (nSPS) is 13.7. The van der Waals surface area contributed by atoms with Gasteiger partial charge in [0, 0.05) is 13.5 Å². The van der Waals surface area contributed by atoms with Crippen molar-refractivity contribution in [1.29, 1.82) is 0 Å². The van der Waals surface area contributed by atoms with Crippen LogP contribution in [-0.4, -0.2) is 23.2 Å². The maximum Gasteiger partial charge on any atom is 0.162 e. The fourth-order valence-corrected chi connectivity index (χ4v) is 1.83. The molecule has 0 spiro atoms. The Hall–Kier alpha value is -0.643. The Morgan fingerprint density at radius 2 is 2.00 bits per heavy atom. The molecule has 0 bridgehead atoms. The van der Waals surface area contributed by atoms with Crippen molar-refractivity contribution in [2.75, 3.05) is 7.11 Å². The van der Waals surface area contributed by atoms with E-state index >= 15 is 0 Å². The van der Waals surface area contributed by atoms with Gasteiger partial charge in [-0.15, -0.1) is 0 Å². The van der Waals surface area contributed by atoms with E-state index in [4.69, 9.17) is 9.16 Å². The van der Waals surface area contributed by atoms with Crippen LogP contribution < -0.4 is 0 Å². The van der Waals surface area contributed by atoms with Crippen molar-refractivity contribution in [3.63, 3.8) is 0 Å². The van der Waals surface area contributed by atoms with Crippen molar-refractivity contribution in [3.8, 4) is 0 Å². The molecule has 13 heavy (non-hydrogen) atoms. The molecule has 0 saturated carbocycles. The van der Waals surface area contributed by atoms with E-state index in [0.717, 1.165) is 6.42 Å². The smallest absolute Gasteiger partial charge is 0.162 e. The summed E-state index contributed by atoms with van der Waals surface area (Å²) in [5.74, 6) is 0. The zero-order valence-electron chi connectivity index (χ0n) is 8.19. The van der Waals surface area contributed by atoms with Crippen molar-refractivity contribution >= 4 is 9.76 Å². The average molecular weight is 196 g/mol. The van der Waals surface area contributed by atoms with E-state index in [-0.39, 0.29) is 16.1 Å². The van der Waals surface area contributed by atoms with Gasteiger partial charge in [0.05, 0.1) is 0 Å². The second-order valence-corrected chi connectivity index (χ2v) is 3.72. The van der Waals surface area contributed by atoms with Gasteiger partial charge in [-0.05, 0) is 5.56 Å². The number of benzene rings is 1. The Labute approximate surface area is 81.8 Å². The van der Waals surface area contributed by atoms with Crippen molar-refractivity contribution < 1.29 is 9.16 Å². The summed E-state index contributed by atoms with van der Waals surface area (Å²) in [7, 11) is 1.31. The van der Waals surface area contributed by atoms with Gasteiger partial charge in [-0.2, -0.15) is 0 Å². The van der Waals surface area contributed by atoms with Crippen LogP contribution in [0.5, 0.6) is 0 Å². The largest absolute Gasteiger partial charge is 0.400 e. The van der Waals surface area contributed by atoms with Crippen LogP contribution >= 0.6 is 0 Å². The van der Waals surface area contributed by atoms with Crippen molar-refractivity contribution in [1.82, 2.24) is 0 Å². The summed E-state index contributed by atoms with van der Waals surface area (Å²) in [4.78, 5) is 0. The SMILES string of the molecule is COC(Cc1ccccc1)O[SiH2]C. The highest BCUT2D eigenvalue weighted by atomic mass is 28.2. The Balaban J connectivity index is 2.46. The molecule has 0 aliphatic rings. The highest BCUT2D eigenvalue weighted by Crippen LogP contribution is 2.05. The Bertz CT molecular complexity index is 226. The molecule has 0 amide bonds. The van der Waals surface area contributed by atoms with Crippen molar-refractivity contribution in [2.45, 2.75) is 19.3 Å². The molecular weight excluding hydrogens is 180 g/mol. The van der Waals surface area contributed by atoms with Crippen molar-refractivity contribution in [3.05, 3.63) is 35.9 Å². The first-order valence-corrected chi connectivity index (χ1v) is 6.54. The lowest BCUT2D eigenvalue weighted by Gasteiger charge is -2.15. The molecule has 0 N–H and O–H groups in total. The monoisotopic (exact) mass is 196 g/mol. The van der Waals surface area contributed by atoms with E-state index in [2.05, 4.69) is 18.7 Å². The van der Waals surface area contributed by atoms with Gasteiger partial charge in [-0.25, -0.2) is 0 Å². The molecule has 72 valence electrons. The van der Waals surface area contributed by atoms with Gasteiger partial charge in [-0.1, -0.05) is 36.9 Å². The Kier molecular flexibility index (Phi) is 4.75. The molecule has 0 radical (unpaired) electrons. The van der Waals surface area contributed by atoms with Gasteiger partial charge in [0.1, 0.15) is 0 Å². The number of rotatable bonds is 5. The maximum absolute atomic E-state index is 5.51. The minimum Gasteiger partial charge on any atom is -0.400 e. The summed E-state index contributed by atoms with van der Waals surface area (Å²) < 4.78 is 10.7. The molecule has 0 aromatic heterocycles. The van der Waals surface area contributed by atoms with Gasteiger partial charge >= 0.3 is 0 Å². The summed E-state index contributed by atoms with van der Waals surface area (Å²) in [5.41, 5.74) is 1.26. The summed E-state index contributed by atoms with van der Waals surface area (Å²) >= 11 is 0. The van der Waals surface area contributed by atoms with Crippen LogP contribution in [0.25, 0.3) is 0 Å². The van der Waals surface area contributed by atoms with Gasteiger partial charge < -0.3 is 9.16 Å². The second kappa shape index (κ2) is 5.91. The first-order valence-electron chi connectivity index (χ1n) is 4.55. The molecule has 0 fully saturated rings. The quantitative estimate of drug-likeness (QED) is 0.523. The van der Waals surface area contributed by atoms with Gasteiger partial charge in [0.15, 0.2) is 16.1 Å². The topological polar surface area (TPSA) is 18.5 Å². The molecule has 1 aromatic carbocycles. The second-order valence-electron chi connectivity index (χ2n) is 2.81. The average Bonchev–Trinajstić information content (AvgIpc) is 2.19. The number of methoxy groups -OCH3 is 1. The third kappa shape index (κ3) is 3.72. The minimum atomic E-state index is -0.385. The maximum atomic E-state index is 5.51. The first-order chi connectivity index (χ1) is 6.36. The molecule has 0 saturated heterocycles. The predicted molar refractivity (Wildman–Crippen MR) is 56.4 cm³/mol. The van der Waals surface area contributed by atoms with Gasteiger partial charge in [0.2, 0.25) is 0 Å². The third-order valence-corrected chi connectivity index (χ3v) is 2.57. The zero-order valence-corrected chi connectivity index (χ0v) is 9.61. The van der Waals surface area contributed by atoms with E-state index < -0.39 is 0 Å². The van der Waals surface area contributed by atoms with E-state index in [1.807, 2.05) is 18.2 Å². The standard InChI is InChI=1S/C10H16O2Si/c1-11-10(12-13-2)8-9-6-4-3-5-7-9/h3-7,10H,8,13H2,1-2H3. The molecule has 3 heteroatoms. The minimum absolute atomic E-state index is 0.0564. The zero-order chi connectivity index (χ0) is 9.52. The van der Waals surface area contributed by atoms with Crippen LogP contribution in [0.3, 0.4) is 0 Å². The number of hydrogen-bond acceptors (Lipinski definition) is 2. The molecule has 1 rings (SSSR count). The van der Waals surface area contributed by atoms with Crippen LogP contribution in [0.15, 0.2) is 30.3 Å². The molecule has 1 aromatic rings. The Morgan fingerprint density at radius 1 is 1.31 bits per heavy atom. The molecule has 0 aliphatic heterocycles.